The van der Waals surface area contributed by atoms with Crippen LogP contribution in [0.5, 0.6) is 11.5 Å². The topological polar surface area (TPSA) is 66.2 Å². The van der Waals surface area contributed by atoms with Gasteiger partial charge in [0.05, 0.1) is 0 Å². The van der Waals surface area contributed by atoms with Crippen molar-refractivity contribution in [1.82, 2.24) is 9.97 Å². The van der Waals surface area contributed by atoms with Crippen molar-refractivity contribution in [2.45, 2.75) is 0 Å². The fourth-order valence-corrected chi connectivity index (χ4v) is 2.49. The van der Waals surface area contributed by atoms with Crippen LogP contribution < -0.4 is 0 Å². The molecule has 2 aromatic heterocycles. The van der Waals surface area contributed by atoms with Crippen LogP contribution in [-0.2, 0) is 0 Å². The summed E-state index contributed by atoms with van der Waals surface area (Å²) in [4.78, 5) is 8.62. The second-order valence-corrected chi connectivity index (χ2v) is 5.38. The van der Waals surface area contributed by atoms with Gasteiger partial charge in [-0.2, -0.15) is 0 Å². The van der Waals surface area contributed by atoms with E-state index in [1.165, 1.54) is 0 Å². The molecule has 0 saturated carbocycles. The Kier molecular flexibility index (Phi) is 2.64. The highest BCUT2D eigenvalue weighted by Gasteiger charge is 2.15. The van der Waals surface area contributed by atoms with Gasteiger partial charge in [-0.3, -0.25) is 0 Å². The quantitative estimate of drug-likeness (QED) is 0.360. The third-order valence-electron chi connectivity index (χ3n) is 2.68. The summed E-state index contributed by atoms with van der Waals surface area (Å²) in [6, 6.07) is 6.77. The Morgan fingerprint density at radius 2 is 1.11 bits per heavy atom. The molecule has 1 aromatic carbocycles. The second kappa shape index (κ2) is 4.07. The van der Waals surface area contributed by atoms with E-state index in [2.05, 4.69) is 41.8 Å². The molecular weight excluding hydrogens is 364 g/mol. The van der Waals surface area contributed by atoms with Crippen LogP contribution >= 0.6 is 31.9 Å². The van der Waals surface area contributed by atoms with Gasteiger partial charge in [-0.1, -0.05) is 0 Å². The van der Waals surface area contributed by atoms with Crippen molar-refractivity contribution in [2.75, 3.05) is 0 Å². The lowest BCUT2D eigenvalue weighted by atomic mass is 10.1. The molecule has 0 aliphatic heterocycles. The van der Waals surface area contributed by atoms with E-state index in [1.807, 2.05) is 0 Å². The second-order valence-electron chi connectivity index (χ2n) is 3.76. The first kappa shape index (κ1) is 11.7. The van der Waals surface area contributed by atoms with E-state index in [0.717, 1.165) is 0 Å². The third-order valence-corrected chi connectivity index (χ3v) is 3.56. The van der Waals surface area contributed by atoms with Gasteiger partial charge in [0.15, 0.2) is 11.5 Å². The summed E-state index contributed by atoms with van der Waals surface area (Å²) in [6.07, 6.45) is 0. The summed E-state index contributed by atoms with van der Waals surface area (Å²) in [5.41, 5.74) is 1.08. The predicted molar refractivity (Wildman–Crippen MR) is 75.8 cm³/mol. The molecule has 2 N–H and O–H groups in total. The fraction of sp³-hybridized carbons (Fsp3) is 0. The van der Waals surface area contributed by atoms with Gasteiger partial charge in [-0.05, 0) is 56.1 Å². The molecule has 0 amide bonds. The summed E-state index contributed by atoms with van der Waals surface area (Å²) < 4.78 is 1.28. The lowest BCUT2D eigenvalue weighted by molar-refractivity contribution is 0.412. The van der Waals surface area contributed by atoms with Gasteiger partial charge in [-0.15, -0.1) is 0 Å². The SMILES string of the molecule is Oc1c(O)c2ccc(Br)nc2c2nc(Br)ccc12. The minimum Gasteiger partial charge on any atom is -0.504 e. The summed E-state index contributed by atoms with van der Waals surface area (Å²) in [5, 5.41) is 20.9. The zero-order chi connectivity index (χ0) is 12.9. The normalized spacial score (nSPS) is 11.2. The molecule has 0 spiro atoms. The van der Waals surface area contributed by atoms with E-state index in [-0.39, 0.29) is 11.5 Å². The van der Waals surface area contributed by atoms with E-state index >= 15 is 0 Å². The van der Waals surface area contributed by atoms with Gasteiger partial charge >= 0.3 is 0 Å². The summed E-state index contributed by atoms with van der Waals surface area (Å²) >= 11 is 6.57. The summed E-state index contributed by atoms with van der Waals surface area (Å²) in [6.45, 7) is 0. The number of benzene rings is 1. The van der Waals surface area contributed by atoms with Crippen LogP contribution in [0.15, 0.2) is 33.5 Å². The number of phenols is 2. The zero-order valence-electron chi connectivity index (χ0n) is 8.85. The monoisotopic (exact) mass is 368 g/mol. The predicted octanol–water partition coefficient (Wildman–Crippen LogP) is 3.72. The van der Waals surface area contributed by atoms with Crippen LogP contribution in [0.4, 0.5) is 0 Å². The van der Waals surface area contributed by atoms with E-state index in [0.29, 0.717) is 31.0 Å². The van der Waals surface area contributed by atoms with Crippen LogP contribution in [0.3, 0.4) is 0 Å². The molecule has 0 atom stereocenters. The minimum atomic E-state index is -0.179. The number of pyridine rings is 2. The molecule has 0 unspecified atom stereocenters. The van der Waals surface area contributed by atoms with Crippen molar-refractivity contribution in [1.29, 1.82) is 0 Å². The lowest BCUT2D eigenvalue weighted by Gasteiger charge is -2.08. The van der Waals surface area contributed by atoms with Crippen molar-refractivity contribution in [3.05, 3.63) is 33.5 Å². The molecule has 0 bridgehead atoms. The molecule has 4 nitrogen and oxygen atoms in total. The zero-order valence-corrected chi connectivity index (χ0v) is 12.0. The molecule has 6 heteroatoms. The molecule has 3 rings (SSSR count). The van der Waals surface area contributed by atoms with Crippen LogP contribution in [0.1, 0.15) is 0 Å². The molecule has 18 heavy (non-hydrogen) atoms. The van der Waals surface area contributed by atoms with E-state index in [1.54, 1.807) is 24.3 Å². The standard InChI is InChI=1S/C12H6Br2N2O2/c13-7-3-1-5-9(15-7)10-6(12(18)11(5)17)2-4-8(14)16-10/h1-4,17-18H. The minimum absolute atomic E-state index is 0.179. The number of halogens is 2. The number of nitrogens with zero attached hydrogens (tertiary/aromatic N) is 2. The highest BCUT2D eigenvalue weighted by molar-refractivity contribution is 9.10. The Balaban J connectivity index is 2.64. The van der Waals surface area contributed by atoms with Crippen LogP contribution in [0.25, 0.3) is 21.8 Å². The number of hydrogen-bond donors (Lipinski definition) is 2. The largest absolute Gasteiger partial charge is 0.504 e. The first-order chi connectivity index (χ1) is 8.58. The number of fused-ring (bicyclic) bond motifs is 3. The molecule has 0 aliphatic rings. The summed E-state index contributed by atoms with van der Waals surface area (Å²) in [7, 11) is 0. The number of aromatic hydroxyl groups is 2. The van der Waals surface area contributed by atoms with Crippen molar-refractivity contribution in [3.63, 3.8) is 0 Å². The van der Waals surface area contributed by atoms with Crippen LogP contribution in [0.2, 0.25) is 0 Å². The first-order valence-corrected chi connectivity index (χ1v) is 6.63. The molecule has 0 aliphatic carbocycles. The van der Waals surface area contributed by atoms with Gasteiger partial charge in [0.1, 0.15) is 20.2 Å². The maximum atomic E-state index is 9.97. The molecule has 0 fully saturated rings. The summed E-state index contributed by atoms with van der Waals surface area (Å²) in [5.74, 6) is -0.358. The third kappa shape index (κ3) is 1.64. The Labute approximate surface area is 119 Å². The van der Waals surface area contributed by atoms with Crippen LogP contribution in [0, 0.1) is 0 Å². The Morgan fingerprint density at radius 1 is 0.722 bits per heavy atom. The highest BCUT2D eigenvalue weighted by Crippen LogP contribution is 2.41. The maximum Gasteiger partial charge on any atom is 0.167 e. The molecular formula is C12H6Br2N2O2. The van der Waals surface area contributed by atoms with Gasteiger partial charge in [0.2, 0.25) is 0 Å². The fourth-order valence-electron chi connectivity index (χ4n) is 1.87. The average molecular weight is 370 g/mol. The number of phenolic OH excluding ortho intramolecular Hbond substituents is 2. The van der Waals surface area contributed by atoms with Gasteiger partial charge in [0.25, 0.3) is 0 Å². The molecule has 2 heterocycles. The molecule has 0 saturated heterocycles. The van der Waals surface area contributed by atoms with Gasteiger partial charge < -0.3 is 10.2 Å². The van der Waals surface area contributed by atoms with Crippen LogP contribution in [-0.4, -0.2) is 20.2 Å². The molecule has 90 valence electrons. The van der Waals surface area contributed by atoms with Crippen molar-refractivity contribution >= 4 is 53.7 Å². The first-order valence-electron chi connectivity index (χ1n) is 5.04. The maximum absolute atomic E-state index is 9.97. The number of rotatable bonds is 0. The lowest BCUT2D eigenvalue weighted by Crippen LogP contribution is -1.88. The van der Waals surface area contributed by atoms with E-state index in [9.17, 15) is 10.2 Å². The average Bonchev–Trinajstić information content (AvgIpc) is 2.36. The van der Waals surface area contributed by atoms with E-state index < -0.39 is 0 Å². The number of aromatic nitrogens is 2. The Hall–Kier alpha value is -1.40. The van der Waals surface area contributed by atoms with Crippen molar-refractivity contribution in [3.8, 4) is 11.5 Å². The van der Waals surface area contributed by atoms with Crippen molar-refractivity contribution < 1.29 is 10.2 Å². The Bertz CT molecular complexity index is 723. The molecule has 0 radical (unpaired) electrons. The van der Waals surface area contributed by atoms with E-state index in [4.69, 9.17) is 0 Å². The smallest absolute Gasteiger partial charge is 0.167 e. The highest BCUT2D eigenvalue weighted by atomic mass is 79.9. The Morgan fingerprint density at radius 3 is 1.50 bits per heavy atom. The van der Waals surface area contributed by atoms with Gasteiger partial charge in [0, 0.05) is 10.8 Å². The molecule has 3 aromatic rings. The number of hydrogen-bond acceptors (Lipinski definition) is 4. The van der Waals surface area contributed by atoms with Gasteiger partial charge in [-0.25, -0.2) is 9.97 Å². The van der Waals surface area contributed by atoms with Crippen molar-refractivity contribution in [2.24, 2.45) is 0 Å².